The van der Waals surface area contributed by atoms with Crippen molar-refractivity contribution >= 4 is 11.7 Å². The summed E-state index contributed by atoms with van der Waals surface area (Å²) in [5.41, 5.74) is 4.88. The molecule has 0 spiro atoms. The number of rotatable bonds is 9. The number of carboxylic acid groups (broad SMARTS) is 1. The summed E-state index contributed by atoms with van der Waals surface area (Å²) in [6.45, 7) is 3.85. The number of carbonyl (C=O) groups is 1. The Labute approximate surface area is 146 Å². The van der Waals surface area contributed by atoms with E-state index in [1.54, 1.807) is 36.4 Å². The van der Waals surface area contributed by atoms with Gasteiger partial charge in [0, 0.05) is 11.3 Å². The fourth-order valence-corrected chi connectivity index (χ4v) is 2.27. The summed E-state index contributed by atoms with van der Waals surface area (Å²) in [4.78, 5) is 10.7. The van der Waals surface area contributed by atoms with Crippen molar-refractivity contribution in [3.63, 3.8) is 0 Å². The minimum atomic E-state index is -0.976. The number of ether oxygens (including phenoxy) is 1. The molecule has 3 N–H and O–H groups in total. The summed E-state index contributed by atoms with van der Waals surface area (Å²) in [6, 6.07) is 16.3. The molecule has 6 nitrogen and oxygen atoms in total. The molecule has 0 bridgehead atoms. The third-order valence-corrected chi connectivity index (χ3v) is 3.61. The summed E-state index contributed by atoms with van der Waals surface area (Å²) >= 11 is 0. The fourth-order valence-electron chi connectivity index (χ4n) is 2.27. The van der Waals surface area contributed by atoms with Gasteiger partial charge in [-0.05, 0) is 30.7 Å². The normalized spacial score (nSPS) is 11.4. The molecule has 0 saturated heterocycles. The molecule has 0 aliphatic rings. The van der Waals surface area contributed by atoms with Crippen LogP contribution < -0.4 is 15.2 Å². The molecule has 2 rings (SSSR count). The van der Waals surface area contributed by atoms with Crippen LogP contribution in [0.2, 0.25) is 0 Å². The maximum absolute atomic E-state index is 10.8. The van der Waals surface area contributed by atoms with Crippen LogP contribution in [0.4, 0.5) is 5.69 Å². The van der Waals surface area contributed by atoms with Gasteiger partial charge in [0.15, 0.2) is 6.23 Å². The zero-order valence-electron chi connectivity index (χ0n) is 14.1. The van der Waals surface area contributed by atoms with Crippen molar-refractivity contribution in [1.82, 2.24) is 5.43 Å². The van der Waals surface area contributed by atoms with Crippen LogP contribution in [0.3, 0.4) is 0 Å². The first kappa shape index (κ1) is 18.4. The Morgan fingerprint density at radius 2 is 1.80 bits per heavy atom. The molecule has 132 valence electrons. The van der Waals surface area contributed by atoms with Gasteiger partial charge in [-0.15, -0.1) is 0 Å². The third-order valence-electron chi connectivity index (χ3n) is 3.61. The van der Waals surface area contributed by atoms with Crippen LogP contribution in [0, 0.1) is 0 Å². The van der Waals surface area contributed by atoms with Gasteiger partial charge in [-0.1, -0.05) is 36.9 Å². The number of hydrogen-bond donors (Lipinski definition) is 3. The Morgan fingerprint density at radius 3 is 2.36 bits per heavy atom. The summed E-state index contributed by atoms with van der Waals surface area (Å²) in [6.07, 6.45) is -0.760. The minimum absolute atomic E-state index is 0.0380. The predicted molar refractivity (Wildman–Crippen MR) is 96.0 cm³/mol. The van der Waals surface area contributed by atoms with Gasteiger partial charge in [0.2, 0.25) is 0 Å². The van der Waals surface area contributed by atoms with E-state index in [-0.39, 0.29) is 12.8 Å². The lowest BCUT2D eigenvalue weighted by Gasteiger charge is -2.32. The van der Waals surface area contributed by atoms with Crippen LogP contribution in [-0.2, 0) is 4.79 Å². The van der Waals surface area contributed by atoms with Crippen LogP contribution in [0.5, 0.6) is 5.75 Å². The van der Waals surface area contributed by atoms with Gasteiger partial charge < -0.3 is 20.4 Å². The minimum Gasteiger partial charge on any atom is -0.497 e. The molecule has 6 heteroatoms. The third kappa shape index (κ3) is 5.26. The highest BCUT2D eigenvalue weighted by atomic mass is 16.5. The number of allylic oxidation sites excluding steroid dienone is 1. The second-order valence-electron chi connectivity index (χ2n) is 5.46. The standard InChI is InChI=1S/C19H22N2O4/c1-14(8-13-18(22)23)20-21(16-9-11-17(25-2)12-10-16)19(24)15-6-4-3-5-7-15/h3-7,9-12,19-20,24H,1,8,13H2,2H3,(H,22,23). The fraction of sp³-hybridized carbons (Fsp3) is 0.211. The van der Waals surface area contributed by atoms with E-state index < -0.39 is 12.2 Å². The van der Waals surface area contributed by atoms with Gasteiger partial charge in [-0.2, -0.15) is 0 Å². The molecule has 2 aromatic carbocycles. The van der Waals surface area contributed by atoms with Crippen molar-refractivity contribution in [2.75, 3.05) is 12.1 Å². The molecule has 0 amide bonds. The van der Waals surface area contributed by atoms with E-state index in [4.69, 9.17) is 9.84 Å². The van der Waals surface area contributed by atoms with Gasteiger partial charge in [-0.25, -0.2) is 0 Å². The lowest BCUT2D eigenvalue weighted by Crippen LogP contribution is -2.40. The molecule has 0 aromatic heterocycles. The van der Waals surface area contributed by atoms with E-state index in [9.17, 15) is 9.90 Å². The van der Waals surface area contributed by atoms with E-state index in [0.717, 1.165) is 0 Å². The van der Waals surface area contributed by atoms with Crippen LogP contribution in [0.25, 0.3) is 0 Å². The summed E-state index contributed by atoms with van der Waals surface area (Å²) in [5.74, 6) is -0.204. The Morgan fingerprint density at radius 1 is 1.16 bits per heavy atom. The first-order chi connectivity index (χ1) is 12.0. The van der Waals surface area contributed by atoms with Crippen molar-refractivity contribution in [2.45, 2.75) is 19.1 Å². The average molecular weight is 342 g/mol. The number of aliphatic hydroxyl groups is 1. The van der Waals surface area contributed by atoms with Crippen molar-refractivity contribution in [3.8, 4) is 5.75 Å². The highest BCUT2D eigenvalue weighted by molar-refractivity contribution is 5.67. The molecule has 25 heavy (non-hydrogen) atoms. The smallest absolute Gasteiger partial charge is 0.303 e. The summed E-state index contributed by atoms with van der Waals surface area (Å²) in [7, 11) is 1.58. The highest BCUT2D eigenvalue weighted by Gasteiger charge is 2.19. The molecule has 0 heterocycles. The van der Waals surface area contributed by atoms with Gasteiger partial charge in [0.1, 0.15) is 5.75 Å². The van der Waals surface area contributed by atoms with Crippen molar-refractivity contribution in [2.24, 2.45) is 0 Å². The lowest BCUT2D eigenvalue weighted by atomic mass is 10.2. The first-order valence-electron chi connectivity index (χ1n) is 7.84. The van der Waals surface area contributed by atoms with Crippen molar-refractivity contribution in [1.29, 1.82) is 0 Å². The lowest BCUT2D eigenvalue weighted by molar-refractivity contribution is -0.136. The molecular weight excluding hydrogens is 320 g/mol. The number of nitrogens with zero attached hydrogens (tertiary/aromatic N) is 1. The molecule has 1 atom stereocenters. The molecule has 0 saturated carbocycles. The van der Waals surface area contributed by atoms with E-state index in [1.807, 2.05) is 30.3 Å². The molecule has 0 fully saturated rings. The number of hydrazine groups is 1. The van der Waals surface area contributed by atoms with Crippen LogP contribution in [-0.4, -0.2) is 23.3 Å². The number of hydrogen-bond acceptors (Lipinski definition) is 5. The van der Waals surface area contributed by atoms with E-state index >= 15 is 0 Å². The van der Waals surface area contributed by atoms with E-state index in [2.05, 4.69) is 12.0 Å². The maximum Gasteiger partial charge on any atom is 0.303 e. The molecule has 0 aliphatic heterocycles. The van der Waals surface area contributed by atoms with Gasteiger partial charge in [0.05, 0.1) is 19.2 Å². The topological polar surface area (TPSA) is 82.0 Å². The average Bonchev–Trinajstić information content (AvgIpc) is 2.64. The zero-order valence-corrected chi connectivity index (χ0v) is 14.1. The maximum atomic E-state index is 10.8. The largest absolute Gasteiger partial charge is 0.497 e. The second kappa shape index (κ2) is 8.75. The molecular formula is C19H22N2O4. The number of aliphatic hydroxyl groups excluding tert-OH is 1. The van der Waals surface area contributed by atoms with Crippen molar-refractivity contribution < 1.29 is 19.7 Å². The number of methoxy groups -OCH3 is 1. The SMILES string of the molecule is C=C(CCC(=O)O)NN(c1ccc(OC)cc1)C(O)c1ccccc1. The first-order valence-corrected chi connectivity index (χ1v) is 7.84. The molecule has 1 unspecified atom stereocenters. The van der Waals surface area contributed by atoms with Crippen LogP contribution in [0.15, 0.2) is 66.9 Å². The Hall–Kier alpha value is -2.99. The molecule has 0 radical (unpaired) electrons. The van der Waals surface area contributed by atoms with Gasteiger partial charge in [0.25, 0.3) is 0 Å². The Kier molecular flexibility index (Phi) is 6.42. The number of aliphatic carboxylic acids is 1. The highest BCUT2D eigenvalue weighted by Crippen LogP contribution is 2.26. The predicted octanol–water partition coefficient (Wildman–Crippen LogP) is 3.08. The molecule has 0 aliphatic carbocycles. The number of carboxylic acids is 1. The van der Waals surface area contributed by atoms with Crippen LogP contribution in [0.1, 0.15) is 24.6 Å². The summed E-state index contributed by atoms with van der Waals surface area (Å²) in [5, 5.41) is 21.1. The Bertz CT molecular complexity index is 701. The monoisotopic (exact) mass is 342 g/mol. The Balaban J connectivity index is 2.23. The molecule has 2 aromatic rings. The van der Waals surface area contributed by atoms with Gasteiger partial charge in [-0.3, -0.25) is 9.80 Å². The quantitative estimate of drug-likeness (QED) is 0.480. The number of benzene rings is 2. The van der Waals surface area contributed by atoms with Crippen molar-refractivity contribution in [3.05, 3.63) is 72.4 Å². The second-order valence-corrected chi connectivity index (χ2v) is 5.46. The van der Waals surface area contributed by atoms with E-state index in [1.165, 1.54) is 0 Å². The van der Waals surface area contributed by atoms with E-state index in [0.29, 0.717) is 22.7 Å². The zero-order chi connectivity index (χ0) is 18.2. The van der Waals surface area contributed by atoms with Gasteiger partial charge >= 0.3 is 5.97 Å². The number of anilines is 1. The van der Waals surface area contributed by atoms with Crippen LogP contribution >= 0.6 is 0 Å². The number of nitrogens with one attached hydrogen (secondary N) is 1. The summed E-state index contributed by atoms with van der Waals surface area (Å²) < 4.78 is 5.16.